The molecule has 0 fully saturated rings. The maximum atomic E-state index is 5.65. The summed E-state index contributed by atoms with van der Waals surface area (Å²) in [6.45, 7) is 5.35. The second-order valence-electron chi connectivity index (χ2n) is 7.60. The number of nitrogens with zero attached hydrogens (tertiary/aromatic N) is 5. The van der Waals surface area contributed by atoms with Gasteiger partial charge in [0.15, 0.2) is 0 Å². The Morgan fingerprint density at radius 3 is 2.71 bits per heavy atom. The van der Waals surface area contributed by atoms with Crippen LogP contribution in [-0.2, 0) is 17.7 Å². The van der Waals surface area contributed by atoms with Crippen LogP contribution in [0.1, 0.15) is 48.8 Å². The number of rotatable bonds is 8. The molecule has 0 unspecified atom stereocenters. The maximum Gasteiger partial charge on any atom is 0.223 e. The van der Waals surface area contributed by atoms with E-state index in [4.69, 9.17) is 9.82 Å². The van der Waals surface area contributed by atoms with Crippen molar-refractivity contribution < 1.29 is 4.84 Å². The Balaban J connectivity index is 1.34. The zero-order chi connectivity index (χ0) is 21.5. The minimum Gasteiger partial charge on any atom is -0.396 e. The minimum absolute atomic E-state index is 0.540. The van der Waals surface area contributed by atoms with Crippen LogP contribution in [0.4, 0.5) is 5.95 Å². The van der Waals surface area contributed by atoms with Gasteiger partial charge in [-0.1, -0.05) is 17.3 Å². The van der Waals surface area contributed by atoms with Gasteiger partial charge in [0.05, 0.1) is 17.1 Å². The van der Waals surface area contributed by atoms with E-state index in [1.807, 2.05) is 56.4 Å². The van der Waals surface area contributed by atoms with Crippen molar-refractivity contribution in [2.75, 3.05) is 18.5 Å². The van der Waals surface area contributed by atoms with Gasteiger partial charge >= 0.3 is 0 Å². The Morgan fingerprint density at radius 2 is 1.87 bits per heavy atom. The van der Waals surface area contributed by atoms with E-state index in [-0.39, 0.29) is 0 Å². The molecule has 0 amide bonds. The Morgan fingerprint density at radius 1 is 1.03 bits per heavy atom. The van der Waals surface area contributed by atoms with Gasteiger partial charge in [0.2, 0.25) is 5.95 Å². The molecule has 0 spiro atoms. The maximum absolute atomic E-state index is 5.65. The van der Waals surface area contributed by atoms with E-state index in [0.717, 1.165) is 78.4 Å². The van der Waals surface area contributed by atoms with Crippen LogP contribution in [0.25, 0.3) is 11.4 Å². The molecule has 7 heteroatoms. The lowest BCUT2D eigenvalue weighted by Gasteiger charge is -2.17. The largest absolute Gasteiger partial charge is 0.396 e. The SMILES string of the molecule is CCNc1ncc2c(n1)/C(=N/OCCCc1cccc(-c3cccc(C)n3)n1)CCC2. The van der Waals surface area contributed by atoms with Gasteiger partial charge < -0.3 is 10.2 Å². The van der Waals surface area contributed by atoms with Gasteiger partial charge in [-0.05, 0) is 75.8 Å². The number of hydrogen-bond acceptors (Lipinski definition) is 7. The predicted octanol–water partition coefficient (Wildman–Crippen LogP) is 4.36. The molecule has 0 radical (unpaired) electrons. The first-order valence-corrected chi connectivity index (χ1v) is 10.9. The molecule has 4 rings (SSSR count). The van der Waals surface area contributed by atoms with Crippen LogP contribution >= 0.6 is 0 Å². The summed E-state index contributed by atoms with van der Waals surface area (Å²) >= 11 is 0. The molecule has 31 heavy (non-hydrogen) atoms. The Bertz CT molecular complexity index is 1070. The molecular weight excluding hydrogens is 388 g/mol. The van der Waals surface area contributed by atoms with Crippen molar-refractivity contribution in [3.8, 4) is 11.4 Å². The van der Waals surface area contributed by atoms with Crippen LogP contribution in [0, 0.1) is 6.92 Å². The molecule has 1 aliphatic rings. The van der Waals surface area contributed by atoms with Crippen molar-refractivity contribution in [2.45, 2.75) is 46.0 Å². The summed E-state index contributed by atoms with van der Waals surface area (Å²) in [4.78, 5) is 24.0. The molecule has 0 saturated carbocycles. The molecule has 0 atom stereocenters. The highest BCUT2D eigenvalue weighted by atomic mass is 16.6. The molecular formula is C24H28N6O. The summed E-state index contributed by atoms with van der Waals surface area (Å²) in [5.74, 6) is 0.643. The van der Waals surface area contributed by atoms with Crippen molar-refractivity contribution in [1.82, 2.24) is 19.9 Å². The zero-order valence-electron chi connectivity index (χ0n) is 18.1. The second-order valence-corrected chi connectivity index (χ2v) is 7.60. The highest BCUT2D eigenvalue weighted by molar-refractivity contribution is 6.00. The van der Waals surface area contributed by atoms with Crippen LogP contribution in [-0.4, -0.2) is 38.8 Å². The first-order chi connectivity index (χ1) is 15.2. The monoisotopic (exact) mass is 416 g/mol. The summed E-state index contributed by atoms with van der Waals surface area (Å²) in [5, 5.41) is 7.56. The Labute approximate surface area is 183 Å². The van der Waals surface area contributed by atoms with Crippen molar-refractivity contribution in [2.24, 2.45) is 5.16 Å². The number of oxime groups is 1. The van der Waals surface area contributed by atoms with Crippen LogP contribution in [0.3, 0.4) is 0 Å². The van der Waals surface area contributed by atoms with E-state index in [9.17, 15) is 0 Å². The number of fused-ring (bicyclic) bond motifs is 1. The average molecular weight is 417 g/mol. The zero-order valence-corrected chi connectivity index (χ0v) is 18.1. The fourth-order valence-corrected chi connectivity index (χ4v) is 3.63. The van der Waals surface area contributed by atoms with E-state index >= 15 is 0 Å². The molecule has 0 aromatic carbocycles. The third-order valence-corrected chi connectivity index (χ3v) is 5.13. The quantitative estimate of drug-likeness (QED) is 0.434. The van der Waals surface area contributed by atoms with Gasteiger partial charge in [-0.3, -0.25) is 9.97 Å². The molecule has 0 aliphatic heterocycles. The van der Waals surface area contributed by atoms with E-state index in [0.29, 0.717) is 12.6 Å². The Kier molecular flexibility index (Phi) is 6.82. The predicted molar refractivity (Wildman–Crippen MR) is 122 cm³/mol. The van der Waals surface area contributed by atoms with Crippen LogP contribution in [0.15, 0.2) is 47.8 Å². The first kappa shape index (κ1) is 20.9. The number of hydrogen-bond donors (Lipinski definition) is 1. The first-order valence-electron chi connectivity index (χ1n) is 10.9. The smallest absolute Gasteiger partial charge is 0.223 e. The lowest BCUT2D eigenvalue weighted by molar-refractivity contribution is 0.141. The third-order valence-electron chi connectivity index (χ3n) is 5.13. The number of pyridine rings is 2. The number of aryl methyl sites for hydroxylation is 3. The number of aromatic nitrogens is 4. The molecule has 7 nitrogen and oxygen atoms in total. The van der Waals surface area contributed by atoms with Crippen molar-refractivity contribution >= 4 is 11.7 Å². The van der Waals surface area contributed by atoms with Gasteiger partial charge in [0.1, 0.15) is 12.3 Å². The summed E-state index contributed by atoms with van der Waals surface area (Å²) in [6, 6.07) is 12.1. The molecule has 3 aromatic heterocycles. The van der Waals surface area contributed by atoms with E-state index in [1.165, 1.54) is 0 Å². The van der Waals surface area contributed by atoms with Crippen molar-refractivity contribution in [3.63, 3.8) is 0 Å². The third kappa shape index (κ3) is 5.42. The second kappa shape index (κ2) is 10.1. The van der Waals surface area contributed by atoms with Gasteiger partial charge in [0, 0.05) is 24.1 Å². The lowest BCUT2D eigenvalue weighted by atomic mass is 9.96. The summed E-state index contributed by atoms with van der Waals surface area (Å²) < 4.78 is 0. The number of nitrogens with one attached hydrogen (secondary N) is 1. The van der Waals surface area contributed by atoms with Crippen LogP contribution in [0.5, 0.6) is 0 Å². The molecule has 1 aliphatic carbocycles. The van der Waals surface area contributed by atoms with Gasteiger partial charge in [-0.15, -0.1) is 0 Å². The summed E-state index contributed by atoms with van der Waals surface area (Å²) in [6.07, 6.45) is 6.47. The van der Waals surface area contributed by atoms with Crippen LogP contribution in [0.2, 0.25) is 0 Å². The molecule has 1 N–H and O–H groups in total. The van der Waals surface area contributed by atoms with Gasteiger partial charge in [-0.2, -0.15) is 0 Å². The molecule has 0 saturated heterocycles. The van der Waals surface area contributed by atoms with E-state index in [1.54, 1.807) is 0 Å². The summed E-state index contributed by atoms with van der Waals surface area (Å²) in [7, 11) is 0. The average Bonchev–Trinajstić information content (AvgIpc) is 2.79. The lowest BCUT2D eigenvalue weighted by Crippen LogP contribution is -2.17. The molecule has 160 valence electrons. The molecule has 3 heterocycles. The number of anilines is 1. The van der Waals surface area contributed by atoms with Crippen molar-refractivity contribution in [3.05, 3.63) is 65.2 Å². The fraction of sp³-hybridized carbons (Fsp3) is 0.375. The van der Waals surface area contributed by atoms with Crippen LogP contribution < -0.4 is 5.32 Å². The normalized spacial score (nSPS) is 14.3. The summed E-state index contributed by atoms with van der Waals surface area (Å²) in [5.41, 5.74) is 6.79. The highest BCUT2D eigenvalue weighted by Gasteiger charge is 2.19. The fourth-order valence-electron chi connectivity index (χ4n) is 3.63. The van der Waals surface area contributed by atoms with E-state index in [2.05, 4.69) is 25.4 Å². The van der Waals surface area contributed by atoms with E-state index < -0.39 is 0 Å². The van der Waals surface area contributed by atoms with Gasteiger partial charge in [-0.25, -0.2) is 9.97 Å². The topological polar surface area (TPSA) is 85.2 Å². The molecule has 3 aromatic rings. The Hall–Kier alpha value is -3.35. The minimum atomic E-state index is 0.540. The van der Waals surface area contributed by atoms with Gasteiger partial charge in [0.25, 0.3) is 0 Å². The van der Waals surface area contributed by atoms with Crippen molar-refractivity contribution in [1.29, 1.82) is 0 Å². The molecule has 0 bridgehead atoms. The standard InChI is InChI=1S/C24H28N6O/c1-3-25-24-26-16-18-9-5-14-22(23(18)29-24)30-31-15-7-11-19-10-6-13-21(28-19)20-12-4-8-17(2)27-20/h4,6,8,10,12-13,16H,3,5,7,9,11,14-15H2,1-2H3,(H,25,26,29)/b30-22+. The highest BCUT2D eigenvalue weighted by Crippen LogP contribution is 2.21.